The Balaban J connectivity index is 2.34. The quantitative estimate of drug-likeness (QED) is 0.585. The fourth-order valence-corrected chi connectivity index (χ4v) is 2.35. The minimum absolute atomic E-state index is 0.149. The van der Waals surface area contributed by atoms with E-state index < -0.39 is 0 Å². The van der Waals surface area contributed by atoms with Gasteiger partial charge in [0.05, 0.1) is 21.3 Å². The van der Waals surface area contributed by atoms with Gasteiger partial charge in [0.2, 0.25) is 5.75 Å². The molecular formula is C18H17ClO4. The Labute approximate surface area is 140 Å². The Morgan fingerprint density at radius 3 is 2.35 bits per heavy atom. The molecule has 2 aromatic carbocycles. The lowest BCUT2D eigenvalue weighted by atomic mass is 10.1. The van der Waals surface area contributed by atoms with Gasteiger partial charge in [0.15, 0.2) is 17.3 Å². The molecule has 0 heterocycles. The molecule has 0 aliphatic heterocycles. The van der Waals surface area contributed by atoms with E-state index in [0.717, 1.165) is 0 Å². The zero-order chi connectivity index (χ0) is 16.8. The van der Waals surface area contributed by atoms with Crippen LogP contribution in [0.3, 0.4) is 0 Å². The molecule has 4 nitrogen and oxygen atoms in total. The molecule has 0 aliphatic rings. The van der Waals surface area contributed by atoms with Gasteiger partial charge in [0.25, 0.3) is 0 Å². The highest BCUT2D eigenvalue weighted by Crippen LogP contribution is 2.40. The molecule has 2 rings (SSSR count). The minimum atomic E-state index is -0.149. The standard InChI is InChI=1S/C18H17ClO4/c1-21-16-10-8-12(17(22-2)18(16)23-3)7-9-15(20)13-5-4-6-14(19)11-13/h4-11H,1-3H3. The van der Waals surface area contributed by atoms with Crippen molar-refractivity contribution in [3.63, 3.8) is 0 Å². The summed E-state index contributed by atoms with van der Waals surface area (Å²) in [5, 5.41) is 0.521. The molecule has 0 N–H and O–H groups in total. The second-order valence-electron chi connectivity index (χ2n) is 4.63. The number of rotatable bonds is 6. The number of benzene rings is 2. The number of allylic oxidation sites excluding steroid dienone is 1. The molecule has 23 heavy (non-hydrogen) atoms. The molecule has 0 atom stereocenters. The number of hydrogen-bond donors (Lipinski definition) is 0. The number of methoxy groups -OCH3 is 3. The summed E-state index contributed by atoms with van der Waals surface area (Å²) in [4.78, 5) is 12.2. The minimum Gasteiger partial charge on any atom is -0.493 e. The van der Waals surface area contributed by atoms with E-state index in [1.165, 1.54) is 20.3 Å². The van der Waals surface area contributed by atoms with Crippen molar-refractivity contribution in [2.45, 2.75) is 0 Å². The molecule has 0 saturated carbocycles. The van der Waals surface area contributed by atoms with Crippen molar-refractivity contribution in [1.82, 2.24) is 0 Å². The van der Waals surface area contributed by atoms with Crippen LogP contribution in [-0.4, -0.2) is 27.1 Å². The summed E-state index contributed by atoms with van der Waals surface area (Å²) in [7, 11) is 4.62. The van der Waals surface area contributed by atoms with Gasteiger partial charge in [-0.15, -0.1) is 0 Å². The van der Waals surface area contributed by atoms with Crippen LogP contribution in [0.4, 0.5) is 0 Å². The molecular weight excluding hydrogens is 316 g/mol. The van der Waals surface area contributed by atoms with E-state index in [-0.39, 0.29) is 5.78 Å². The van der Waals surface area contributed by atoms with Crippen molar-refractivity contribution in [2.24, 2.45) is 0 Å². The number of ketones is 1. The van der Waals surface area contributed by atoms with Crippen LogP contribution in [0.15, 0.2) is 42.5 Å². The highest BCUT2D eigenvalue weighted by Gasteiger charge is 2.14. The predicted octanol–water partition coefficient (Wildman–Crippen LogP) is 4.26. The van der Waals surface area contributed by atoms with E-state index in [4.69, 9.17) is 25.8 Å². The molecule has 0 saturated heterocycles. The Hall–Kier alpha value is -2.46. The van der Waals surface area contributed by atoms with Gasteiger partial charge in [-0.05, 0) is 36.4 Å². The van der Waals surface area contributed by atoms with Crippen molar-refractivity contribution in [3.8, 4) is 17.2 Å². The first-order valence-corrected chi connectivity index (χ1v) is 7.25. The molecule has 0 aliphatic carbocycles. The van der Waals surface area contributed by atoms with Crippen LogP contribution < -0.4 is 14.2 Å². The Morgan fingerprint density at radius 1 is 1.00 bits per heavy atom. The molecule has 0 spiro atoms. The molecule has 2 aromatic rings. The molecule has 0 fully saturated rings. The summed E-state index contributed by atoms with van der Waals surface area (Å²) in [6.07, 6.45) is 3.14. The van der Waals surface area contributed by atoms with Crippen LogP contribution in [0.25, 0.3) is 6.08 Å². The number of hydrogen-bond acceptors (Lipinski definition) is 4. The van der Waals surface area contributed by atoms with Crippen molar-refractivity contribution < 1.29 is 19.0 Å². The summed E-state index contributed by atoms with van der Waals surface area (Å²) in [6.45, 7) is 0. The van der Waals surface area contributed by atoms with E-state index in [2.05, 4.69) is 0 Å². The van der Waals surface area contributed by atoms with Gasteiger partial charge >= 0.3 is 0 Å². The highest BCUT2D eigenvalue weighted by atomic mass is 35.5. The van der Waals surface area contributed by atoms with Crippen molar-refractivity contribution in [1.29, 1.82) is 0 Å². The SMILES string of the molecule is COc1ccc(C=CC(=O)c2cccc(Cl)c2)c(OC)c1OC. The largest absolute Gasteiger partial charge is 0.493 e. The Kier molecular flexibility index (Phi) is 5.66. The average Bonchev–Trinajstić information content (AvgIpc) is 2.58. The van der Waals surface area contributed by atoms with Gasteiger partial charge in [-0.25, -0.2) is 0 Å². The maximum absolute atomic E-state index is 12.2. The Bertz CT molecular complexity index is 738. The number of halogens is 1. The third-order valence-electron chi connectivity index (χ3n) is 3.26. The van der Waals surface area contributed by atoms with Gasteiger partial charge in [-0.1, -0.05) is 23.7 Å². The third kappa shape index (κ3) is 3.85. The zero-order valence-corrected chi connectivity index (χ0v) is 13.9. The van der Waals surface area contributed by atoms with E-state index in [9.17, 15) is 4.79 Å². The Morgan fingerprint density at radius 2 is 1.74 bits per heavy atom. The van der Waals surface area contributed by atoms with Crippen LogP contribution in [0, 0.1) is 0 Å². The number of carbonyl (C=O) groups is 1. The summed E-state index contributed by atoms with van der Waals surface area (Å²) in [5.41, 5.74) is 1.23. The van der Waals surface area contributed by atoms with Gasteiger partial charge in [0.1, 0.15) is 0 Å². The first-order valence-electron chi connectivity index (χ1n) is 6.87. The van der Waals surface area contributed by atoms with Gasteiger partial charge in [-0.3, -0.25) is 4.79 Å². The first kappa shape index (κ1) is 16.9. The van der Waals surface area contributed by atoms with E-state index in [1.807, 2.05) is 0 Å². The summed E-state index contributed by atoms with van der Waals surface area (Å²) in [6, 6.07) is 10.3. The molecule has 0 amide bonds. The third-order valence-corrected chi connectivity index (χ3v) is 3.49. The molecule has 0 aromatic heterocycles. The normalized spacial score (nSPS) is 10.6. The lowest BCUT2D eigenvalue weighted by Crippen LogP contribution is -1.97. The second kappa shape index (κ2) is 7.70. The van der Waals surface area contributed by atoms with Crippen LogP contribution in [0.2, 0.25) is 5.02 Å². The van der Waals surface area contributed by atoms with E-state index in [1.54, 1.807) is 49.6 Å². The molecule has 120 valence electrons. The van der Waals surface area contributed by atoms with Gasteiger partial charge < -0.3 is 14.2 Å². The van der Waals surface area contributed by atoms with E-state index >= 15 is 0 Å². The zero-order valence-electron chi connectivity index (χ0n) is 13.1. The summed E-state index contributed by atoms with van der Waals surface area (Å²) in [5.74, 6) is 1.39. The summed E-state index contributed by atoms with van der Waals surface area (Å²) < 4.78 is 15.9. The van der Waals surface area contributed by atoms with Gasteiger partial charge in [-0.2, -0.15) is 0 Å². The fraction of sp³-hybridized carbons (Fsp3) is 0.167. The monoisotopic (exact) mass is 332 g/mol. The predicted molar refractivity (Wildman–Crippen MR) is 90.9 cm³/mol. The van der Waals surface area contributed by atoms with Crippen molar-refractivity contribution in [2.75, 3.05) is 21.3 Å². The lowest BCUT2D eigenvalue weighted by Gasteiger charge is -2.13. The second-order valence-corrected chi connectivity index (χ2v) is 5.07. The molecule has 0 bridgehead atoms. The molecule has 0 radical (unpaired) electrons. The summed E-state index contributed by atoms with van der Waals surface area (Å²) >= 11 is 5.90. The van der Waals surface area contributed by atoms with Crippen molar-refractivity contribution in [3.05, 3.63) is 58.6 Å². The van der Waals surface area contributed by atoms with Crippen LogP contribution in [-0.2, 0) is 0 Å². The van der Waals surface area contributed by atoms with Crippen LogP contribution in [0.5, 0.6) is 17.2 Å². The topological polar surface area (TPSA) is 44.8 Å². The van der Waals surface area contributed by atoms with Crippen LogP contribution in [0.1, 0.15) is 15.9 Å². The maximum Gasteiger partial charge on any atom is 0.203 e. The smallest absolute Gasteiger partial charge is 0.203 e. The lowest BCUT2D eigenvalue weighted by molar-refractivity contribution is 0.104. The van der Waals surface area contributed by atoms with Crippen molar-refractivity contribution >= 4 is 23.5 Å². The maximum atomic E-state index is 12.2. The van der Waals surface area contributed by atoms with Gasteiger partial charge in [0, 0.05) is 16.1 Å². The van der Waals surface area contributed by atoms with E-state index in [0.29, 0.717) is 33.4 Å². The number of ether oxygens (including phenoxy) is 3. The first-order chi connectivity index (χ1) is 11.1. The molecule has 0 unspecified atom stereocenters. The average molecular weight is 333 g/mol. The number of carbonyl (C=O) groups excluding carboxylic acids is 1. The molecule has 5 heteroatoms. The fourth-order valence-electron chi connectivity index (χ4n) is 2.16. The van der Waals surface area contributed by atoms with Crippen LogP contribution >= 0.6 is 11.6 Å². The highest BCUT2D eigenvalue weighted by molar-refractivity contribution is 6.31.